The average Bonchev–Trinajstić information content (AvgIpc) is 2.33. The van der Waals surface area contributed by atoms with Crippen LogP contribution in [0.3, 0.4) is 0 Å². The van der Waals surface area contributed by atoms with Crippen LogP contribution in [0.4, 0.5) is 38.0 Å². The topological polar surface area (TPSA) is 49.8 Å². The van der Waals surface area contributed by atoms with Gasteiger partial charge in [0.25, 0.3) is 0 Å². The molecule has 1 aromatic heterocycles. The summed E-state index contributed by atoms with van der Waals surface area (Å²) in [7, 11) is 0. The maximum atomic E-state index is 12.6. The SMILES string of the molecule is CCCNc1cc(NCCC(F)(F)F)nc(C(F)(F)F)n1. The molecule has 2 N–H and O–H groups in total. The summed E-state index contributed by atoms with van der Waals surface area (Å²) in [5.74, 6) is -1.80. The number of nitrogens with zero attached hydrogens (tertiary/aromatic N) is 2. The number of nitrogens with one attached hydrogen (secondary N) is 2. The second kappa shape index (κ2) is 6.81. The van der Waals surface area contributed by atoms with Gasteiger partial charge in [-0.15, -0.1) is 0 Å². The zero-order chi connectivity index (χ0) is 16.1. The standard InChI is InChI=1S/C11H14F6N4/c1-2-4-18-7-6-8(19-5-3-10(12,13)14)21-9(20-7)11(15,16)17/h6H,2-5H2,1H3,(H2,18,19,20,21). The van der Waals surface area contributed by atoms with Gasteiger partial charge in [-0.2, -0.15) is 26.3 Å². The number of halogens is 6. The van der Waals surface area contributed by atoms with Crippen LogP contribution in [0.15, 0.2) is 6.07 Å². The Morgan fingerprint density at radius 2 is 1.48 bits per heavy atom. The molecule has 0 unspecified atom stereocenters. The summed E-state index contributed by atoms with van der Waals surface area (Å²) in [6, 6.07) is 1.14. The van der Waals surface area contributed by atoms with Crippen molar-refractivity contribution in [2.75, 3.05) is 23.7 Å². The van der Waals surface area contributed by atoms with Crippen LogP contribution >= 0.6 is 0 Å². The van der Waals surface area contributed by atoms with E-state index < -0.39 is 31.1 Å². The first-order chi connectivity index (χ1) is 9.62. The molecule has 21 heavy (non-hydrogen) atoms. The van der Waals surface area contributed by atoms with Gasteiger partial charge in [-0.25, -0.2) is 9.97 Å². The van der Waals surface area contributed by atoms with Crippen LogP contribution in [0.5, 0.6) is 0 Å². The van der Waals surface area contributed by atoms with E-state index in [9.17, 15) is 26.3 Å². The molecular weight excluding hydrogens is 302 g/mol. The van der Waals surface area contributed by atoms with Crippen LogP contribution in [0, 0.1) is 0 Å². The molecule has 0 aliphatic heterocycles. The van der Waals surface area contributed by atoms with Gasteiger partial charge >= 0.3 is 12.4 Å². The zero-order valence-electron chi connectivity index (χ0n) is 11.1. The lowest BCUT2D eigenvalue weighted by Gasteiger charge is -2.13. The predicted molar refractivity (Wildman–Crippen MR) is 65.0 cm³/mol. The van der Waals surface area contributed by atoms with Crippen molar-refractivity contribution in [3.8, 4) is 0 Å². The zero-order valence-corrected chi connectivity index (χ0v) is 11.1. The lowest BCUT2D eigenvalue weighted by molar-refractivity contribution is -0.144. The van der Waals surface area contributed by atoms with Gasteiger partial charge < -0.3 is 10.6 Å². The van der Waals surface area contributed by atoms with E-state index in [2.05, 4.69) is 20.6 Å². The van der Waals surface area contributed by atoms with Crippen LogP contribution in [0.2, 0.25) is 0 Å². The molecule has 0 aromatic carbocycles. The van der Waals surface area contributed by atoms with Crippen LogP contribution in [0.25, 0.3) is 0 Å². The van der Waals surface area contributed by atoms with Crippen molar-refractivity contribution in [2.24, 2.45) is 0 Å². The molecule has 1 heterocycles. The first-order valence-electron chi connectivity index (χ1n) is 6.12. The minimum atomic E-state index is -4.77. The fraction of sp³-hybridized carbons (Fsp3) is 0.636. The van der Waals surface area contributed by atoms with E-state index in [0.29, 0.717) is 13.0 Å². The molecule has 1 rings (SSSR count). The lowest BCUT2D eigenvalue weighted by atomic mass is 10.4. The molecule has 10 heteroatoms. The minimum Gasteiger partial charge on any atom is -0.370 e. The summed E-state index contributed by atoms with van der Waals surface area (Å²) in [6.45, 7) is 1.63. The first kappa shape index (κ1) is 17.3. The maximum Gasteiger partial charge on any atom is 0.451 e. The Morgan fingerprint density at radius 3 is 1.90 bits per heavy atom. The van der Waals surface area contributed by atoms with Crippen molar-refractivity contribution in [3.63, 3.8) is 0 Å². The van der Waals surface area contributed by atoms with E-state index in [-0.39, 0.29) is 11.6 Å². The number of hydrogen-bond acceptors (Lipinski definition) is 4. The van der Waals surface area contributed by atoms with Crippen molar-refractivity contribution in [1.82, 2.24) is 9.97 Å². The minimum absolute atomic E-state index is 0.0892. The largest absolute Gasteiger partial charge is 0.451 e. The summed E-state index contributed by atoms with van der Waals surface area (Å²) in [5, 5.41) is 4.86. The van der Waals surface area contributed by atoms with Gasteiger partial charge in [-0.3, -0.25) is 0 Å². The summed E-state index contributed by atoms with van der Waals surface area (Å²) < 4.78 is 73.9. The van der Waals surface area contributed by atoms with E-state index in [1.807, 2.05) is 0 Å². The molecule has 0 saturated heterocycles. The third-order valence-corrected chi connectivity index (χ3v) is 2.25. The lowest BCUT2D eigenvalue weighted by Crippen LogP contribution is -2.18. The second-order valence-corrected chi connectivity index (χ2v) is 4.18. The van der Waals surface area contributed by atoms with Gasteiger partial charge in [0.15, 0.2) is 0 Å². The second-order valence-electron chi connectivity index (χ2n) is 4.18. The number of alkyl halides is 6. The van der Waals surface area contributed by atoms with Gasteiger partial charge in [0.05, 0.1) is 6.42 Å². The highest BCUT2D eigenvalue weighted by molar-refractivity contribution is 5.47. The predicted octanol–water partition coefficient (Wildman–Crippen LogP) is 3.68. The molecule has 120 valence electrons. The van der Waals surface area contributed by atoms with Crippen LogP contribution in [-0.4, -0.2) is 29.2 Å². The Morgan fingerprint density at radius 1 is 0.952 bits per heavy atom. The Balaban J connectivity index is 2.86. The molecule has 0 fully saturated rings. The molecule has 0 saturated carbocycles. The first-order valence-corrected chi connectivity index (χ1v) is 6.12. The van der Waals surface area contributed by atoms with Crippen LogP contribution in [-0.2, 0) is 6.18 Å². The van der Waals surface area contributed by atoms with Crippen molar-refractivity contribution < 1.29 is 26.3 Å². The van der Waals surface area contributed by atoms with E-state index in [1.165, 1.54) is 0 Å². The molecule has 0 aliphatic rings. The Hall–Kier alpha value is -1.74. The molecule has 0 amide bonds. The monoisotopic (exact) mass is 316 g/mol. The molecule has 0 bridgehead atoms. The fourth-order valence-corrected chi connectivity index (χ4v) is 1.34. The van der Waals surface area contributed by atoms with Crippen LogP contribution < -0.4 is 10.6 Å². The summed E-state index contributed by atoms with van der Waals surface area (Å²) in [6.07, 6.45) is -9.68. The highest BCUT2D eigenvalue weighted by Crippen LogP contribution is 2.28. The third-order valence-electron chi connectivity index (χ3n) is 2.25. The smallest absolute Gasteiger partial charge is 0.370 e. The number of aromatic nitrogens is 2. The van der Waals surface area contributed by atoms with Gasteiger partial charge in [-0.05, 0) is 6.42 Å². The quantitative estimate of drug-likeness (QED) is 0.786. The molecule has 0 spiro atoms. The Kier molecular flexibility index (Phi) is 5.62. The van der Waals surface area contributed by atoms with E-state index in [0.717, 1.165) is 6.07 Å². The highest BCUT2D eigenvalue weighted by atomic mass is 19.4. The summed E-state index contributed by atoms with van der Waals surface area (Å²) in [4.78, 5) is 6.47. The number of hydrogen-bond donors (Lipinski definition) is 2. The molecule has 1 aromatic rings. The van der Waals surface area contributed by atoms with Gasteiger partial charge in [0.1, 0.15) is 11.6 Å². The van der Waals surface area contributed by atoms with Crippen molar-refractivity contribution in [1.29, 1.82) is 0 Å². The van der Waals surface area contributed by atoms with Crippen molar-refractivity contribution >= 4 is 11.6 Å². The molecule has 4 nitrogen and oxygen atoms in total. The molecule has 0 aliphatic carbocycles. The fourth-order valence-electron chi connectivity index (χ4n) is 1.34. The highest BCUT2D eigenvalue weighted by Gasteiger charge is 2.35. The number of rotatable bonds is 6. The van der Waals surface area contributed by atoms with Crippen molar-refractivity contribution in [2.45, 2.75) is 32.1 Å². The van der Waals surface area contributed by atoms with Crippen LogP contribution in [0.1, 0.15) is 25.6 Å². The van der Waals surface area contributed by atoms with E-state index in [1.54, 1.807) is 6.92 Å². The van der Waals surface area contributed by atoms with Gasteiger partial charge in [0, 0.05) is 19.2 Å². The normalized spacial score (nSPS) is 12.3. The number of anilines is 2. The molecule has 0 atom stereocenters. The molecular formula is C11H14F6N4. The van der Waals surface area contributed by atoms with E-state index >= 15 is 0 Å². The van der Waals surface area contributed by atoms with E-state index in [4.69, 9.17) is 0 Å². The Labute approximate surface area is 117 Å². The maximum absolute atomic E-state index is 12.6. The third kappa shape index (κ3) is 6.50. The Bertz CT molecular complexity index is 457. The summed E-state index contributed by atoms with van der Waals surface area (Å²) in [5.41, 5.74) is 0. The van der Waals surface area contributed by atoms with Gasteiger partial charge in [-0.1, -0.05) is 6.92 Å². The van der Waals surface area contributed by atoms with Gasteiger partial charge in [0.2, 0.25) is 5.82 Å². The average molecular weight is 316 g/mol. The van der Waals surface area contributed by atoms with Crippen molar-refractivity contribution in [3.05, 3.63) is 11.9 Å². The molecule has 0 radical (unpaired) electrons. The summed E-state index contributed by atoms with van der Waals surface area (Å²) >= 11 is 0.